The van der Waals surface area contributed by atoms with Crippen molar-refractivity contribution in [2.45, 2.75) is 26.3 Å². The van der Waals surface area contributed by atoms with Crippen LogP contribution < -0.4 is 5.73 Å². The molecule has 0 saturated heterocycles. The van der Waals surface area contributed by atoms with Crippen LogP contribution in [0.2, 0.25) is 0 Å². The summed E-state index contributed by atoms with van der Waals surface area (Å²) in [5, 5.41) is 0. The highest BCUT2D eigenvalue weighted by atomic mass is 14.6. The first-order valence-electron chi connectivity index (χ1n) is 3.97. The van der Waals surface area contributed by atoms with Crippen LogP contribution in [0.15, 0.2) is 36.5 Å². The number of allylic oxidation sites excluding steroid dienone is 3. The lowest BCUT2D eigenvalue weighted by Crippen LogP contribution is -2.16. The van der Waals surface area contributed by atoms with Crippen molar-refractivity contribution >= 4 is 0 Å². The zero-order chi connectivity index (χ0) is 8.69. The molecule has 0 radical (unpaired) electrons. The highest BCUT2D eigenvalue weighted by Gasteiger charge is 1.95. The Balaban J connectivity index is 4.22. The number of hydrogen-bond donors (Lipinski definition) is 1. The molecule has 1 atom stereocenters. The van der Waals surface area contributed by atoms with Crippen LogP contribution in [-0.2, 0) is 0 Å². The van der Waals surface area contributed by atoms with Crippen LogP contribution >= 0.6 is 0 Å². The molecule has 0 fully saturated rings. The monoisotopic (exact) mass is 151 g/mol. The van der Waals surface area contributed by atoms with Crippen molar-refractivity contribution < 1.29 is 0 Å². The van der Waals surface area contributed by atoms with Gasteiger partial charge in [0.15, 0.2) is 0 Å². The van der Waals surface area contributed by atoms with E-state index in [1.165, 1.54) is 5.57 Å². The summed E-state index contributed by atoms with van der Waals surface area (Å²) in [5.74, 6) is 0. The fourth-order valence-corrected chi connectivity index (χ4v) is 0.821. The summed E-state index contributed by atoms with van der Waals surface area (Å²) in [5.41, 5.74) is 6.88. The molecule has 0 heterocycles. The van der Waals surface area contributed by atoms with Crippen LogP contribution in [0.5, 0.6) is 0 Å². The third-order valence-corrected chi connectivity index (χ3v) is 1.39. The first-order chi connectivity index (χ1) is 5.22. The molecule has 0 aliphatic heterocycles. The standard InChI is InChI=1S/C10H17N/c1-4-6-8-10(7-5-2)9(3)11/h4,6-9H,1,5,11H2,2-3H3/b8-6-,10-7+. The summed E-state index contributed by atoms with van der Waals surface area (Å²) in [6.07, 6.45) is 8.82. The number of nitrogens with two attached hydrogens (primary N) is 1. The Morgan fingerprint density at radius 2 is 2.27 bits per heavy atom. The van der Waals surface area contributed by atoms with E-state index in [4.69, 9.17) is 5.73 Å². The molecule has 2 N–H and O–H groups in total. The summed E-state index contributed by atoms with van der Waals surface area (Å²) >= 11 is 0. The molecule has 0 bridgehead atoms. The summed E-state index contributed by atoms with van der Waals surface area (Å²) in [6.45, 7) is 7.68. The minimum absolute atomic E-state index is 0.117. The van der Waals surface area contributed by atoms with Crippen LogP contribution in [0.4, 0.5) is 0 Å². The van der Waals surface area contributed by atoms with Crippen LogP contribution in [0.25, 0.3) is 0 Å². The van der Waals surface area contributed by atoms with Gasteiger partial charge in [0.2, 0.25) is 0 Å². The fourth-order valence-electron chi connectivity index (χ4n) is 0.821. The SMILES string of the molecule is C=C/C=C\C(=C/CC)C(C)N. The molecule has 0 aliphatic rings. The van der Waals surface area contributed by atoms with E-state index in [1.807, 2.05) is 19.1 Å². The Bertz CT molecular complexity index is 164. The van der Waals surface area contributed by atoms with Gasteiger partial charge in [0, 0.05) is 6.04 Å². The molecular weight excluding hydrogens is 134 g/mol. The number of rotatable bonds is 4. The average molecular weight is 151 g/mol. The van der Waals surface area contributed by atoms with Gasteiger partial charge in [-0.2, -0.15) is 0 Å². The second-order valence-electron chi connectivity index (χ2n) is 2.50. The molecule has 0 aliphatic carbocycles. The lowest BCUT2D eigenvalue weighted by Gasteiger charge is -2.04. The first kappa shape index (κ1) is 10.2. The van der Waals surface area contributed by atoms with E-state index < -0.39 is 0 Å². The summed E-state index contributed by atoms with van der Waals surface area (Å²) in [6, 6.07) is 0.117. The second kappa shape index (κ2) is 5.93. The van der Waals surface area contributed by atoms with Crippen molar-refractivity contribution in [3.63, 3.8) is 0 Å². The Hall–Kier alpha value is -0.820. The topological polar surface area (TPSA) is 26.0 Å². The van der Waals surface area contributed by atoms with Crippen molar-refractivity contribution in [1.29, 1.82) is 0 Å². The minimum atomic E-state index is 0.117. The highest BCUT2D eigenvalue weighted by Crippen LogP contribution is 2.03. The molecule has 0 aromatic heterocycles. The van der Waals surface area contributed by atoms with Gasteiger partial charge in [0.25, 0.3) is 0 Å². The van der Waals surface area contributed by atoms with Crippen LogP contribution in [0.1, 0.15) is 20.3 Å². The molecule has 0 saturated carbocycles. The maximum atomic E-state index is 5.71. The van der Waals surface area contributed by atoms with E-state index >= 15 is 0 Å². The van der Waals surface area contributed by atoms with Crippen molar-refractivity contribution in [2.75, 3.05) is 0 Å². The fraction of sp³-hybridized carbons (Fsp3) is 0.400. The minimum Gasteiger partial charge on any atom is -0.324 e. The van der Waals surface area contributed by atoms with Crippen LogP contribution in [-0.4, -0.2) is 6.04 Å². The third-order valence-electron chi connectivity index (χ3n) is 1.39. The lowest BCUT2D eigenvalue weighted by molar-refractivity contribution is 0.876. The van der Waals surface area contributed by atoms with Crippen molar-refractivity contribution in [1.82, 2.24) is 0 Å². The number of hydrogen-bond acceptors (Lipinski definition) is 1. The third kappa shape index (κ3) is 4.57. The van der Waals surface area contributed by atoms with E-state index in [0.717, 1.165) is 6.42 Å². The molecule has 0 rings (SSSR count). The Kier molecular flexibility index (Phi) is 5.49. The van der Waals surface area contributed by atoms with Gasteiger partial charge in [-0.3, -0.25) is 0 Å². The van der Waals surface area contributed by atoms with Gasteiger partial charge >= 0.3 is 0 Å². The predicted octanol–water partition coefficient (Wildman–Crippen LogP) is 2.41. The van der Waals surface area contributed by atoms with E-state index in [1.54, 1.807) is 6.08 Å². The molecule has 62 valence electrons. The van der Waals surface area contributed by atoms with Gasteiger partial charge in [0.1, 0.15) is 0 Å². The van der Waals surface area contributed by atoms with Crippen molar-refractivity contribution in [2.24, 2.45) is 5.73 Å². The van der Waals surface area contributed by atoms with Crippen LogP contribution in [0.3, 0.4) is 0 Å². The zero-order valence-electron chi connectivity index (χ0n) is 7.38. The smallest absolute Gasteiger partial charge is 0.0262 e. The molecule has 1 heteroatoms. The van der Waals surface area contributed by atoms with Gasteiger partial charge in [0.05, 0.1) is 0 Å². The Morgan fingerprint density at radius 3 is 2.64 bits per heavy atom. The Labute approximate surface area is 69.3 Å². The molecule has 0 spiro atoms. The van der Waals surface area contributed by atoms with Gasteiger partial charge < -0.3 is 5.73 Å². The molecular formula is C10H17N. The average Bonchev–Trinajstić information content (AvgIpc) is 1.97. The molecule has 0 amide bonds. The second-order valence-corrected chi connectivity index (χ2v) is 2.50. The largest absolute Gasteiger partial charge is 0.324 e. The van der Waals surface area contributed by atoms with E-state index in [0.29, 0.717) is 0 Å². The van der Waals surface area contributed by atoms with E-state index in [2.05, 4.69) is 19.6 Å². The summed E-state index contributed by atoms with van der Waals surface area (Å²) < 4.78 is 0. The lowest BCUT2D eigenvalue weighted by atomic mass is 10.1. The van der Waals surface area contributed by atoms with Crippen LogP contribution in [0, 0.1) is 0 Å². The quantitative estimate of drug-likeness (QED) is 0.613. The van der Waals surface area contributed by atoms with E-state index in [9.17, 15) is 0 Å². The highest BCUT2D eigenvalue weighted by molar-refractivity contribution is 5.25. The van der Waals surface area contributed by atoms with Crippen molar-refractivity contribution in [3.05, 3.63) is 36.5 Å². The summed E-state index contributed by atoms with van der Waals surface area (Å²) in [7, 11) is 0. The molecule has 0 aromatic carbocycles. The summed E-state index contributed by atoms with van der Waals surface area (Å²) in [4.78, 5) is 0. The van der Waals surface area contributed by atoms with E-state index in [-0.39, 0.29) is 6.04 Å². The molecule has 1 unspecified atom stereocenters. The van der Waals surface area contributed by atoms with Gasteiger partial charge in [-0.25, -0.2) is 0 Å². The predicted molar refractivity (Wildman–Crippen MR) is 51.4 cm³/mol. The molecule has 0 aromatic rings. The van der Waals surface area contributed by atoms with Gasteiger partial charge in [-0.05, 0) is 18.9 Å². The van der Waals surface area contributed by atoms with Gasteiger partial charge in [-0.1, -0.05) is 37.8 Å². The maximum absolute atomic E-state index is 5.71. The van der Waals surface area contributed by atoms with Gasteiger partial charge in [-0.15, -0.1) is 0 Å². The normalized spacial score (nSPS) is 15.4. The van der Waals surface area contributed by atoms with Crippen molar-refractivity contribution in [3.8, 4) is 0 Å². The molecule has 1 nitrogen and oxygen atoms in total. The Morgan fingerprint density at radius 1 is 1.64 bits per heavy atom. The first-order valence-corrected chi connectivity index (χ1v) is 3.97. The zero-order valence-corrected chi connectivity index (χ0v) is 7.38. The molecule has 11 heavy (non-hydrogen) atoms. The maximum Gasteiger partial charge on any atom is 0.0262 e.